The summed E-state index contributed by atoms with van der Waals surface area (Å²) in [4.78, 5) is 40.0. The molecule has 10 nitrogen and oxygen atoms in total. The van der Waals surface area contributed by atoms with Crippen LogP contribution in [-0.2, 0) is 27.4 Å². The number of aromatic nitrogens is 2. The minimum Gasteiger partial charge on any atom is -0.444 e. The number of primary amides is 1. The quantitative estimate of drug-likeness (QED) is 0.755. The second-order valence-electron chi connectivity index (χ2n) is 8.58. The molecule has 2 aliphatic rings. The molecule has 28 heavy (non-hydrogen) atoms. The first-order chi connectivity index (χ1) is 13.0. The summed E-state index contributed by atoms with van der Waals surface area (Å²) in [7, 11) is 0. The second kappa shape index (κ2) is 6.77. The van der Waals surface area contributed by atoms with E-state index in [9.17, 15) is 19.5 Å². The van der Waals surface area contributed by atoms with Crippen LogP contribution in [0.3, 0.4) is 0 Å². The van der Waals surface area contributed by atoms with Crippen molar-refractivity contribution in [3.63, 3.8) is 0 Å². The number of carbonyl (C=O) groups is 3. The first-order valence-corrected chi connectivity index (χ1v) is 9.23. The first kappa shape index (κ1) is 20.1. The van der Waals surface area contributed by atoms with Gasteiger partial charge in [0, 0.05) is 13.0 Å². The number of nitrogens with two attached hydrogens (primary N) is 1. The molecular formula is C18H27N5O5. The highest BCUT2D eigenvalue weighted by atomic mass is 16.6. The van der Waals surface area contributed by atoms with Gasteiger partial charge in [0.05, 0.1) is 48.7 Å². The molecule has 3 N–H and O–H groups in total. The summed E-state index contributed by atoms with van der Waals surface area (Å²) < 4.78 is 7.24. The smallest absolute Gasteiger partial charge is 0.410 e. The number of hydrogen-bond acceptors (Lipinski definition) is 6. The minimum absolute atomic E-state index is 0.0155. The zero-order valence-electron chi connectivity index (χ0n) is 16.6. The van der Waals surface area contributed by atoms with Gasteiger partial charge in [0.1, 0.15) is 5.60 Å². The number of rotatable bonds is 3. The lowest BCUT2D eigenvalue weighted by Crippen LogP contribution is -2.47. The highest BCUT2D eigenvalue weighted by Crippen LogP contribution is 2.37. The van der Waals surface area contributed by atoms with Gasteiger partial charge in [-0.3, -0.25) is 19.2 Å². The SMILES string of the molecule is CC1Cn2ncc(N3CC(CO)(C(N)=O)CC3=O)c2CN1C(=O)OC(C)(C)C. The van der Waals surface area contributed by atoms with Gasteiger partial charge in [-0.1, -0.05) is 0 Å². The van der Waals surface area contributed by atoms with E-state index in [-0.39, 0.29) is 31.5 Å². The number of hydrogen-bond donors (Lipinski definition) is 2. The molecule has 0 aromatic carbocycles. The number of carbonyl (C=O) groups excluding carboxylic acids is 3. The Hall–Kier alpha value is -2.62. The lowest BCUT2D eigenvalue weighted by Gasteiger charge is -2.36. The van der Waals surface area contributed by atoms with Gasteiger partial charge >= 0.3 is 6.09 Å². The highest BCUT2D eigenvalue weighted by molar-refractivity contribution is 6.02. The van der Waals surface area contributed by atoms with Gasteiger partial charge in [-0.25, -0.2) is 4.79 Å². The fourth-order valence-corrected chi connectivity index (χ4v) is 3.58. The Morgan fingerprint density at radius 1 is 1.43 bits per heavy atom. The van der Waals surface area contributed by atoms with Gasteiger partial charge in [-0.05, 0) is 27.7 Å². The number of amides is 3. The average Bonchev–Trinajstić information content (AvgIpc) is 3.13. The molecule has 0 aliphatic carbocycles. The van der Waals surface area contributed by atoms with E-state index in [0.29, 0.717) is 17.9 Å². The number of aliphatic hydroxyl groups is 1. The summed E-state index contributed by atoms with van der Waals surface area (Å²) in [6.07, 6.45) is 0.954. The van der Waals surface area contributed by atoms with Crippen molar-refractivity contribution >= 4 is 23.6 Å². The van der Waals surface area contributed by atoms with Gasteiger partial charge in [-0.2, -0.15) is 5.10 Å². The third-order valence-electron chi connectivity index (χ3n) is 5.21. The monoisotopic (exact) mass is 393 g/mol. The Bertz CT molecular complexity index is 814. The van der Waals surface area contributed by atoms with E-state index in [1.165, 1.54) is 4.90 Å². The van der Waals surface area contributed by atoms with Gasteiger partial charge in [0.25, 0.3) is 0 Å². The summed E-state index contributed by atoms with van der Waals surface area (Å²) in [6.45, 7) is 7.46. The molecule has 1 aromatic rings. The summed E-state index contributed by atoms with van der Waals surface area (Å²) in [5.74, 6) is -1.03. The van der Waals surface area contributed by atoms with E-state index in [0.717, 1.165) is 0 Å². The molecule has 0 saturated carbocycles. The third-order valence-corrected chi connectivity index (χ3v) is 5.21. The van der Waals surface area contributed by atoms with E-state index in [1.807, 2.05) is 6.92 Å². The maximum absolute atomic E-state index is 12.6. The van der Waals surface area contributed by atoms with Crippen molar-refractivity contribution in [3.05, 3.63) is 11.9 Å². The van der Waals surface area contributed by atoms with Crippen LogP contribution in [0.1, 0.15) is 39.8 Å². The fourth-order valence-electron chi connectivity index (χ4n) is 3.58. The number of fused-ring (bicyclic) bond motifs is 1. The first-order valence-electron chi connectivity index (χ1n) is 9.23. The number of aliphatic hydroxyl groups excluding tert-OH is 1. The average molecular weight is 393 g/mol. The molecule has 0 radical (unpaired) electrons. The van der Waals surface area contributed by atoms with Crippen molar-refractivity contribution in [2.75, 3.05) is 18.1 Å². The predicted octanol–water partition coefficient (Wildman–Crippen LogP) is 0.223. The number of anilines is 1. The van der Waals surface area contributed by atoms with E-state index in [4.69, 9.17) is 10.5 Å². The van der Waals surface area contributed by atoms with Crippen molar-refractivity contribution in [2.24, 2.45) is 11.1 Å². The van der Waals surface area contributed by atoms with Crippen LogP contribution in [0.5, 0.6) is 0 Å². The van der Waals surface area contributed by atoms with Gasteiger partial charge in [0.2, 0.25) is 11.8 Å². The van der Waals surface area contributed by atoms with Crippen LogP contribution >= 0.6 is 0 Å². The summed E-state index contributed by atoms with van der Waals surface area (Å²) >= 11 is 0. The molecule has 3 heterocycles. The Kier molecular flexibility index (Phi) is 4.86. The Balaban J connectivity index is 1.88. The van der Waals surface area contributed by atoms with Crippen molar-refractivity contribution in [3.8, 4) is 0 Å². The molecule has 3 amide bonds. The zero-order chi connectivity index (χ0) is 20.9. The van der Waals surface area contributed by atoms with Crippen LogP contribution < -0.4 is 10.6 Å². The van der Waals surface area contributed by atoms with Crippen molar-refractivity contribution < 1.29 is 24.2 Å². The molecule has 2 aliphatic heterocycles. The Morgan fingerprint density at radius 3 is 2.64 bits per heavy atom. The summed E-state index contributed by atoms with van der Waals surface area (Å²) in [5.41, 5.74) is 4.69. The lowest BCUT2D eigenvalue weighted by molar-refractivity contribution is -0.131. The van der Waals surface area contributed by atoms with Gasteiger partial charge in [0.15, 0.2) is 0 Å². The predicted molar refractivity (Wildman–Crippen MR) is 99.1 cm³/mol. The number of nitrogens with zero attached hydrogens (tertiary/aromatic N) is 4. The zero-order valence-corrected chi connectivity index (χ0v) is 16.6. The van der Waals surface area contributed by atoms with Crippen LogP contribution in [0.4, 0.5) is 10.5 Å². The molecule has 1 aromatic heterocycles. The van der Waals surface area contributed by atoms with E-state index >= 15 is 0 Å². The molecular weight excluding hydrogens is 366 g/mol. The Morgan fingerprint density at radius 2 is 2.11 bits per heavy atom. The molecule has 1 fully saturated rings. The number of ether oxygens (including phenoxy) is 1. The third kappa shape index (κ3) is 3.44. The molecule has 10 heteroatoms. The van der Waals surface area contributed by atoms with Crippen molar-refractivity contribution in [1.82, 2.24) is 14.7 Å². The van der Waals surface area contributed by atoms with Crippen molar-refractivity contribution in [1.29, 1.82) is 0 Å². The minimum atomic E-state index is -1.31. The maximum Gasteiger partial charge on any atom is 0.410 e. The van der Waals surface area contributed by atoms with Crippen LogP contribution in [0, 0.1) is 5.41 Å². The fraction of sp³-hybridized carbons (Fsp3) is 0.667. The van der Waals surface area contributed by atoms with Crippen molar-refractivity contribution in [2.45, 2.75) is 58.8 Å². The van der Waals surface area contributed by atoms with Gasteiger partial charge in [-0.15, -0.1) is 0 Å². The molecule has 0 bridgehead atoms. The van der Waals surface area contributed by atoms with Crippen LogP contribution in [0.15, 0.2) is 6.20 Å². The van der Waals surface area contributed by atoms with Gasteiger partial charge < -0.3 is 20.5 Å². The molecule has 3 rings (SSSR count). The van der Waals surface area contributed by atoms with E-state index in [1.54, 1.807) is 36.5 Å². The topological polar surface area (TPSA) is 131 Å². The highest BCUT2D eigenvalue weighted by Gasteiger charge is 2.49. The largest absolute Gasteiger partial charge is 0.444 e. The van der Waals surface area contributed by atoms with E-state index < -0.39 is 29.6 Å². The molecule has 0 spiro atoms. The Labute approximate surface area is 163 Å². The summed E-state index contributed by atoms with van der Waals surface area (Å²) in [6, 6.07) is -0.133. The molecule has 2 atom stereocenters. The van der Waals surface area contributed by atoms with Crippen LogP contribution in [-0.4, -0.2) is 62.5 Å². The molecule has 1 saturated heterocycles. The standard InChI is InChI=1S/C18H27N5O5/c1-11-7-23-13(8-21(11)16(27)28-17(2,3)4)12(6-20-23)22-9-18(10-24,15(19)26)5-14(22)25/h6,11,24H,5,7-10H2,1-4H3,(H2,19,26). The summed E-state index contributed by atoms with van der Waals surface area (Å²) in [5, 5.41) is 14.0. The molecule has 2 unspecified atom stereocenters. The van der Waals surface area contributed by atoms with E-state index in [2.05, 4.69) is 5.10 Å². The maximum atomic E-state index is 12.6. The molecule has 154 valence electrons. The second-order valence-corrected chi connectivity index (χ2v) is 8.58. The van der Waals surface area contributed by atoms with Crippen LogP contribution in [0.25, 0.3) is 0 Å². The lowest BCUT2D eigenvalue weighted by atomic mass is 9.87. The van der Waals surface area contributed by atoms with Crippen LogP contribution in [0.2, 0.25) is 0 Å². The normalized spacial score (nSPS) is 25.0.